The number of para-hydroxylation sites is 1. The molecule has 1 saturated heterocycles. The standard InChI is InChI=1S/C23H30N2O3/c26-20(24-19-4-2-1-3-5-19)18-6-8-25(9-7-18)21(27)22-11-16-10-17(12-22)14-23(28,13-16)15-22/h1-5,16-18,28H,6-15H2,(H,24,26)/t16-,17-,22?,23?/m1/s1. The average Bonchev–Trinajstić information content (AvgIpc) is 2.66. The quantitative estimate of drug-likeness (QED) is 0.843. The number of nitrogens with zero attached hydrogens (tertiary/aromatic N) is 1. The van der Waals surface area contributed by atoms with Crippen molar-refractivity contribution in [3.05, 3.63) is 30.3 Å². The summed E-state index contributed by atoms with van der Waals surface area (Å²) >= 11 is 0. The minimum Gasteiger partial charge on any atom is -0.390 e. The van der Waals surface area contributed by atoms with E-state index in [0.717, 1.165) is 44.2 Å². The van der Waals surface area contributed by atoms with Crippen LogP contribution in [-0.4, -0.2) is 40.5 Å². The summed E-state index contributed by atoms with van der Waals surface area (Å²) in [5.74, 6) is 1.31. The molecule has 150 valence electrons. The van der Waals surface area contributed by atoms with E-state index in [4.69, 9.17) is 0 Å². The highest BCUT2D eigenvalue weighted by Crippen LogP contribution is 2.62. The van der Waals surface area contributed by atoms with E-state index in [0.29, 0.717) is 31.3 Å². The Kier molecular flexibility index (Phi) is 4.27. The fourth-order valence-electron chi connectivity index (χ4n) is 6.91. The summed E-state index contributed by atoms with van der Waals surface area (Å²) in [4.78, 5) is 28.0. The number of benzene rings is 1. The number of nitrogens with one attached hydrogen (secondary N) is 1. The predicted molar refractivity (Wildman–Crippen MR) is 106 cm³/mol. The molecule has 28 heavy (non-hydrogen) atoms. The Balaban J connectivity index is 1.21. The Bertz CT molecular complexity index is 755. The highest BCUT2D eigenvalue weighted by atomic mass is 16.3. The van der Waals surface area contributed by atoms with E-state index in [1.807, 2.05) is 35.2 Å². The van der Waals surface area contributed by atoms with E-state index >= 15 is 0 Å². The molecule has 4 aliphatic carbocycles. The van der Waals surface area contributed by atoms with Gasteiger partial charge >= 0.3 is 0 Å². The lowest BCUT2D eigenvalue weighted by atomic mass is 9.47. The predicted octanol–water partition coefficient (Wildman–Crippen LogP) is 3.20. The van der Waals surface area contributed by atoms with E-state index in [1.54, 1.807) is 0 Å². The molecule has 0 aromatic heterocycles. The number of likely N-dealkylation sites (tertiary alicyclic amines) is 1. The van der Waals surface area contributed by atoms with Gasteiger partial charge in [-0.15, -0.1) is 0 Å². The van der Waals surface area contributed by atoms with Gasteiger partial charge in [0.15, 0.2) is 0 Å². The first-order chi connectivity index (χ1) is 13.4. The number of carbonyl (C=O) groups is 2. The number of anilines is 1. The Hall–Kier alpha value is -1.88. The van der Waals surface area contributed by atoms with Gasteiger partial charge < -0.3 is 15.3 Å². The molecule has 4 bridgehead atoms. The summed E-state index contributed by atoms with van der Waals surface area (Å²) < 4.78 is 0. The molecule has 6 rings (SSSR count). The largest absolute Gasteiger partial charge is 0.390 e. The molecule has 5 aliphatic rings. The van der Waals surface area contributed by atoms with Crippen LogP contribution >= 0.6 is 0 Å². The summed E-state index contributed by atoms with van der Waals surface area (Å²) in [5, 5.41) is 13.9. The number of carbonyl (C=O) groups excluding carboxylic acids is 2. The maximum Gasteiger partial charge on any atom is 0.228 e. The minimum absolute atomic E-state index is 0.0372. The van der Waals surface area contributed by atoms with Gasteiger partial charge in [0, 0.05) is 24.7 Å². The number of rotatable bonds is 3. The number of amides is 2. The van der Waals surface area contributed by atoms with E-state index in [-0.39, 0.29) is 23.1 Å². The number of aliphatic hydroxyl groups is 1. The minimum atomic E-state index is -0.604. The van der Waals surface area contributed by atoms with Gasteiger partial charge in [0.25, 0.3) is 0 Å². The van der Waals surface area contributed by atoms with Crippen LogP contribution in [-0.2, 0) is 9.59 Å². The zero-order valence-corrected chi connectivity index (χ0v) is 16.4. The normalized spacial score (nSPS) is 37.1. The molecule has 5 nitrogen and oxygen atoms in total. The van der Waals surface area contributed by atoms with Crippen LogP contribution in [0.1, 0.15) is 51.4 Å². The second-order valence-electron chi connectivity index (χ2n) is 9.89. The lowest BCUT2D eigenvalue weighted by molar-refractivity contribution is -0.186. The maximum atomic E-state index is 13.5. The SMILES string of the molecule is O=C(Nc1ccccc1)C1CCN(C(=O)C23C[C@H]4C[C@@H](CC(O)(C4)C2)C3)CC1. The van der Waals surface area contributed by atoms with Crippen LogP contribution < -0.4 is 5.32 Å². The van der Waals surface area contributed by atoms with Crippen LogP contribution in [0.15, 0.2) is 30.3 Å². The van der Waals surface area contributed by atoms with Crippen molar-refractivity contribution >= 4 is 17.5 Å². The first kappa shape index (κ1) is 18.2. The molecule has 4 saturated carbocycles. The molecule has 1 aromatic carbocycles. The molecule has 1 aliphatic heterocycles. The Morgan fingerprint density at radius 1 is 1.00 bits per heavy atom. The third-order valence-electron chi connectivity index (χ3n) is 7.68. The smallest absolute Gasteiger partial charge is 0.228 e. The van der Waals surface area contributed by atoms with Crippen molar-refractivity contribution in [3.8, 4) is 0 Å². The number of hydrogen-bond acceptors (Lipinski definition) is 3. The maximum absolute atomic E-state index is 13.5. The Labute approximate surface area is 166 Å². The summed E-state index contributed by atoms with van der Waals surface area (Å²) in [6, 6.07) is 9.55. The molecule has 1 heterocycles. The molecule has 2 N–H and O–H groups in total. The molecular weight excluding hydrogens is 352 g/mol. The van der Waals surface area contributed by atoms with Crippen LogP contribution in [0, 0.1) is 23.2 Å². The number of hydrogen-bond donors (Lipinski definition) is 2. The second-order valence-corrected chi connectivity index (χ2v) is 9.89. The zero-order chi connectivity index (χ0) is 19.4. The van der Waals surface area contributed by atoms with Crippen molar-refractivity contribution in [1.82, 2.24) is 4.90 Å². The van der Waals surface area contributed by atoms with Gasteiger partial charge in [-0.05, 0) is 75.3 Å². The van der Waals surface area contributed by atoms with Crippen LogP contribution in [0.3, 0.4) is 0 Å². The van der Waals surface area contributed by atoms with Gasteiger partial charge in [0.1, 0.15) is 0 Å². The molecule has 0 unspecified atom stereocenters. The van der Waals surface area contributed by atoms with E-state index < -0.39 is 5.60 Å². The summed E-state index contributed by atoms with van der Waals surface area (Å²) in [6.07, 6.45) is 6.98. The van der Waals surface area contributed by atoms with E-state index in [1.165, 1.54) is 6.42 Å². The summed E-state index contributed by atoms with van der Waals surface area (Å²) in [5.41, 5.74) is -0.112. The van der Waals surface area contributed by atoms with Crippen LogP contribution in [0.2, 0.25) is 0 Å². The fourth-order valence-corrected chi connectivity index (χ4v) is 6.91. The van der Waals surface area contributed by atoms with Crippen molar-refractivity contribution in [3.63, 3.8) is 0 Å². The topological polar surface area (TPSA) is 69.6 Å². The Morgan fingerprint density at radius 3 is 2.25 bits per heavy atom. The van der Waals surface area contributed by atoms with E-state index in [9.17, 15) is 14.7 Å². The van der Waals surface area contributed by atoms with Gasteiger partial charge in [0.05, 0.1) is 11.0 Å². The van der Waals surface area contributed by atoms with Gasteiger partial charge in [-0.1, -0.05) is 18.2 Å². The van der Waals surface area contributed by atoms with Gasteiger partial charge in [-0.2, -0.15) is 0 Å². The summed E-state index contributed by atoms with van der Waals surface area (Å²) in [6.45, 7) is 1.31. The molecule has 1 aromatic rings. The summed E-state index contributed by atoms with van der Waals surface area (Å²) in [7, 11) is 0. The monoisotopic (exact) mass is 382 g/mol. The molecule has 2 amide bonds. The first-order valence-electron chi connectivity index (χ1n) is 10.8. The van der Waals surface area contributed by atoms with Crippen molar-refractivity contribution in [2.45, 2.75) is 57.0 Å². The second kappa shape index (κ2) is 6.58. The molecule has 0 spiro atoms. The molecule has 2 atom stereocenters. The van der Waals surface area contributed by atoms with Crippen molar-refractivity contribution in [1.29, 1.82) is 0 Å². The van der Waals surface area contributed by atoms with Crippen molar-refractivity contribution in [2.75, 3.05) is 18.4 Å². The third kappa shape index (κ3) is 3.14. The van der Waals surface area contributed by atoms with E-state index in [2.05, 4.69) is 5.32 Å². The highest BCUT2D eigenvalue weighted by molar-refractivity contribution is 5.92. The lowest BCUT2D eigenvalue weighted by Gasteiger charge is -2.60. The van der Waals surface area contributed by atoms with Gasteiger partial charge in [-0.3, -0.25) is 9.59 Å². The fraction of sp³-hybridized carbons (Fsp3) is 0.652. The highest BCUT2D eigenvalue weighted by Gasteiger charge is 2.60. The number of piperidine rings is 1. The van der Waals surface area contributed by atoms with Crippen LogP contribution in [0.25, 0.3) is 0 Å². The van der Waals surface area contributed by atoms with Gasteiger partial charge in [0.2, 0.25) is 11.8 Å². The van der Waals surface area contributed by atoms with Crippen molar-refractivity contribution in [2.24, 2.45) is 23.2 Å². The Morgan fingerprint density at radius 2 is 1.64 bits per heavy atom. The molecular formula is C23H30N2O3. The van der Waals surface area contributed by atoms with Crippen LogP contribution in [0.5, 0.6) is 0 Å². The van der Waals surface area contributed by atoms with Crippen molar-refractivity contribution < 1.29 is 14.7 Å². The average molecular weight is 383 g/mol. The zero-order valence-electron chi connectivity index (χ0n) is 16.4. The molecule has 5 heteroatoms. The molecule has 0 radical (unpaired) electrons. The van der Waals surface area contributed by atoms with Gasteiger partial charge in [-0.25, -0.2) is 0 Å². The molecule has 5 fully saturated rings. The third-order valence-corrected chi connectivity index (χ3v) is 7.68. The first-order valence-corrected chi connectivity index (χ1v) is 10.8. The van der Waals surface area contributed by atoms with Crippen LogP contribution in [0.4, 0.5) is 5.69 Å². The lowest BCUT2D eigenvalue weighted by Crippen LogP contribution is -2.61.